The third-order valence-corrected chi connectivity index (χ3v) is 15.5. The lowest BCUT2D eigenvalue weighted by molar-refractivity contribution is -0.189. The monoisotopic (exact) mass is 830 g/mol. The van der Waals surface area contributed by atoms with Gasteiger partial charge < -0.3 is 38.3 Å². The van der Waals surface area contributed by atoms with Crippen LogP contribution in [0, 0.1) is 57.2 Å². The molecule has 8 bridgehead atoms. The van der Waals surface area contributed by atoms with Gasteiger partial charge in [0, 0.05) is 22.7 Å². The molecule has 59 heavy (non-hydrogen) atoms. The van der Waals surface area contributed by atoms with Crippen LogP contribution in [0.2, 0.25) is 0 Å². The molecule has 1 heterocycles. The molecular weight excluding hydrogens is 764 g/mol. The van der Waals surface area contributed by atoms with E-state index in [-0.39, 0.29) is 50.1 Å². The van der Waals surface area contributed by atoms with E-state index in [1.807, 2.05) is 0 Å². The third-order valence-electron chi connectivity index (χ3n) is 15.5. The third kappa shape index (κ3) is 9.28. The van der Waals surface area contributed by atoms with Crippen molar-refractivity contribution in [3.8, 4) is 0 Å². The molecule has 0 radical (unpaired) electrons. The lowest BCUT2D eigenvalue weighted by Crippen LogP contribution is -2.55. The molecule has 4 aliphatic carbocycles. The van der Waals surface area contributed by atoms with Gasteiger partial charge in [-0.05, 0) is 74.0 Å². The first-order valence-corrected chi connectivity index (χ1v) is 21.1. The van der Waals surface area contributed by atoms with Gasteiger partial charge in [0.05, 0.1) is 60.6 Å². The van der Waals surface area contributed by atoms with Gasteiger partial charge in [0.1, 0.15) is 11.8 Å². The van der Waals surface area contributed by atoms with E-state index in [4.69, 9.17) is 33.2 Å². The molecule has 0 aromatic rings. The molecule has 1 saturated heterocycles. The van der Waals surface area contributed by atoms with E-state index in [1.54, 1.807) is 0 Å². The lowest BCUT2D eigenvalue weighted by Gasteiger charge is -2.58. The van der Waals surface area contributed by atoms with Gasteiger partial charge in [0.25, 0.3) is 0 Å². The van der Waals surface area contributed by atoms with Crippen molar-refractivity contribution in [3.05, 3.63) is 24.3 Å². The second-order valence-electron chi connectivity index (χ2n) is 19.0. The fourth-order valence-electron chi connectivity index (χ4n) is 12.2. The molecule has 14 nitrogen and oxygen atoms in total. The highest BCUT2D eigenvalue weighted by atomic mass is 16.6. The first kappa shape index (κ1) is 46.3. The van der Waals surface area contributed by atoms with Gasteiger partial charge in [-0.25, -0.2) is 9.59 Å². The maximum Gasteiger partial charge on any atom is 0.336 e. The molecule has 0 aromatic carbocycles. The Hall–Kier alpha value is -3.78. The number of aliphatic carboxylic acids is 1. The molecule has 330 valence electrons. The van der Waals surface area contributed by atoms with Gasteiger partial charge in [0.15, 0.2) is 12.2 Å². The van der Waals surface area contributed by atoms with E-state index < -0.39 is 94.4 Å². The number of carboxylic acid groups (broad SMARTS) is 1. The van der Waals surface area contributed by atoms with Crippen LogP contribution in [0.3, 0.4) is 0 Å². The van der Waals surface area contributed by atoms with Crippen LogP contribution in [0.15, 0.2) is 24.3 Å². The number of carbonyl (C=O) groups excluding carboxylic acids is 5. The van der Waals surface area contributed by atoms with Crippen molar-refractivity contribution >= 4 is 35.8 Å². The topological polar surface area (TPSA) is 187 Å². The summed E-state index contributed by atoms with van der Waals surface area (Å²) in [5.41, 5.74) is -0.164. The first-order chi connectivity index (χ1) is 27.8. The van der Waals surface area contributed by atoms with Gasteiger partial charge >= 0.3 is 35.8 Å². The fraction of sp³-hybridized carbons (Fsp3) is 0.778. The highest BCUT2D eigenvalue weighted by Crippen LogP contribution is 2.63. The summed E-state index contributed by atoms with van der Waals surface area (Å²) < 4.78 is 40.4. The smallest absolute Gasteiger partial charge is 0.336 e. The first-order valence-electron chi connectivity index (χ1n) is 21.1. The molecule has 14 heteroatoms. The summed E-state index contributed by atoms with van der Waals surface area (Å²) >= 11 is 0. The molecular formula is C45H66O14. The highest BCUT2D eigenvalue weighted by molar-refractivity contribution is 5.88. The van der Waals surface area contributed by atoms with E-state index in [2.05, 4.69) is 40.9 Å². The second-order valence-corrected chi connectivity index (χ2v) is 19.0. The minimum Gasteiger partial charge on any atom is -0.481 e. The molecule has 0 spiro atoms. The summed E-state index contributed by atoms with van der Waals surface area (Å²) in [5.74, 6) is -8.68. The average molecular weight is 831 g/mol. The minimum atomic E-state index is -1.55. The average Bonchev–Trinajstić information content (AvgIpc) is 3.18. The Morgan fingerprint density at radius 1 is 0.678 bits per heavy atom. The molecule has 0 aromatic heterocycles. The summed E-state index contributed by atoms with van der Waals surface area (Å²) in [6.45, 7) is 17.3. The van der Waals surface area contributed by atoms with E-state index >= 15 is 0 Å². The molecule has 5 aliphatic rings. The maximum absolute atomic E-state index is 14.4. The van der Waals surface area contributed by atoms with E-state index in [0.717, 1.165) is 69.6 Å². The number of hydrogen-bond acceptors (Lipinski definition) is 13. The Balaban J connectivity index is 1.60. The number of methoxy groups -OCH3 is 3. The molecule has 12 atom stereocenters. The lowest BCUT2D eigenvalue weighted by atomic mass is 9.47. The van der Waals surface area contributed by atoms with E-state index in [9.17, 15) is 33.9 Å². The van der Waals surface area contributed by atoms with Gasteiger partial charge in [-0.1, -0.05) is 64.8 Å². The van der Waals surface area contributed by atoms with Crippen LogP contribution in [0.25, 0.3) is 0 Å². The Kier molecular flexibility index (Phi) is 14.5. The van der Waals surface area contributed by atoms with E-state index in [1.165, 1.54) is 14.2 Å². The van der Waals surface area contributed by atoms with Crippen LogP contribution in [0.4, 0.5) is 0 Å². The summed E-state index contributed by atoms with van der Waals surface area (Å²) in [6, 6.07) is 0. The fourth-order valence-corrected chi connectivity index (χ4v) is 12.2. The molecule has 0 unspecified atom stereocenters. The quantitative estimate of drug-likeness (QED) is 0.170. The van der Waals surface area contributed by atoms with Crippen LogP contribution in [-0.4, -0.2) is 101 Å². The number of carboxylic acids is 1. The Labute approximate surface area is 348 Å². The van der Waals surface area contributed by atoms with E-state index in [0.29, 0.717) is 12.8 Å². The summed E-state index contributed by atoms with van der Waals surface area (Å²) in [6.07, 6.45) is 3.12. The zero-order valence-corrected chi connectivity index (χ0v) is 36.1. The van der Waals surface area contributed by atoms with Crippen LogP contribution in [0.5, 0.6) is 0 Å². The number of cyclic esters (lactones) is 2. The van der Waals surface area contributed by atoms with Crippen molar-refractivity contribution in [2.75, 3.05) is 47.8 Å². The molecule has 5 fully saturated rings. The predicted molar refractivity (Wildman–Crippen MR) is 212 cm³/mol. The molecule has 1 aliphatic heterocycles. The van der Waals surface area contributed by atoms with Crippen molar-refractivity contribution in [1.82, 2.24) is 0 Å². The SMILES string of the molecule is C=C1CC[C@H]2[C@@]3(C)CCC[C@]2(C)[C@@H]1CO[C@H]([C@H](CC(=O)O)C(=O)OC)C(=O)OC[C@]1(C)CCC[C@]2(C)[C@@H](CO[C@H]([C@H](CC(=O)OC)C(=O)OC)C(=O)OC3)C(=C)CC[C@@H]12. The normalized spacial score (nSPS) is 38.0. The minimum absolute atomic E-state index is 0.00377. The van der Waals surface area contributed by atoms with Crippen LogP contribution >= 0.6 is 0 Å². The van der Waals surface area contributed by atoms with Crippen molar-refractivity contribution in [1.29, 1.82) is 0 Å². The number of ether oxygens (including phenoxy) is 7. The van der Waals surface area contributed by atoms with Crippen LogP contribution in [-0.2, 0) is 61.9 Å². The van der Waals surface area contributed by atoms with Crippen molar-refractivity contribution in [2.24, 2.45) is 57.2 Å². The summed E-state index contributed by atoms with van der Waals surface area (Å²) in [7, 11) is 3.55. The van der Waals surface area contributed by atoms with Crippen molar-refractivity contribution < 1.29 is 67.0 Å². The summed E-state index contributed by atoms with van der Waals surface area (Å²) in [5, 5.41) is 9.88. The highest BCUT2D eigenvalue weighted by Gasteiger charge is 2.58. The number of carbonyl (C=O) groups is 6. The van der Waals surface area contributed by atoms with Gasteiger partial charge in [0.2, 0.25) is 0 Å². The number of hydrogen-bond donors (Lipinski definition) is 1. The number of rotatable bonds is 8. The molecule has 1 N–H and O–H groups in total. The molecule has 5 rings (SSSR count). The Bertz CT molecular complexity index is 1660. The zero-order chi connectivity index (χ0) is 43.5. The molecule has 4 saturated carbocycles. The van der Waals surface area contributed by atoms with Crippen molar-refractivity contribution in [2.45, 2.75) is 117 Å². The maximum atomic E-state index is 14.4. The van der Waals surface area contributed by atoms with Crippen LogP contribution < -0.4 is 0 Å². The molecule has 0 amide bonds. The van der Waals surface area contributed by atoms with Crippen LogP contribution in [0.1, 0.15) is 105 Å². The Morgan fingerprint density at radius 3 is 1.46 bits per heavy atom. The predicted octanol–water partition coefficient (Wildman–Crippen LogP) is 6.03. The van der Waals surface area contributed by atoms with Crippen molar-refractivity contribution in [3.63, 3.8) is 0 Å². The van der Waals surface area contributed by atoms with Gasteiger partial charge in [-0.2, -0.15) is 0 Å². The summed E-state index contributed by atoms with van der Waals surface area (Å²) in [4.78, 5) is 80.1. The second kappa shape index (κ2) is 18.5. The Morgan fingerprint density at radius 2 is 1.08 bits per heavy atom. The zero-order valence-electron chi connectivity index (χ0n) is 36.1. The van der Waals surface area contributed by atoms with Gasteiger partial charge in [-0.15, -0.1) is 0 Å². The standard InChI is InChI=1S/C45H66O14/c1-26-12-14-33-43(4)17-11-18-44(33,5)30(26)22-56-36(28(20-34(46)47)38(49)54-8)40(51)58-24-42(3)16-10-19-45(6)31(27(2)13-15-32(42)45)23-57-37(41(52)59-25-43)29(39(50)55-9)21-35(48)53-7/h28-33,36-37H,1-2,10-25H2,3-9H3,(H,46,47)/t28-,29-,30+,31-,32-,33-,36+,37+,42-,43-,44+,45+/m0/s1. The number of esters is 5. The van der Waals surface area contributed by atoms with Gasteiger partial charge in [-0.3, -0.25) is 19.2 Å². The largest absolute Gasteiger partial charge is 0.481 e.